The van der Waals surface area contributed by atoms with Gasteiger partial charge >= 0.3 is 5.76 Å². The molecule has 1 aliphatic carbocycles. The van der Waals surface area contributed by atoms with Crippen molar-refractivity contribution in [1.29, 1.82) is 0 Å². The number of fused-ring (bicyclic) bond motifs is 2. The van der Waals surface area contributed by atoms with E-state index in [1.54, 1.807) is 30.9 Å². The van der Waals surface area contributed by atoms with Gasteiger partial charge in [-0.1, -0.05) is 41.6 Å². The second-order valence-electron chi connectivity index (χ2n) is 15.1. The van der Waals surface area contributed by atoms with Gasteiger partial charge in [0.1, 0.15) is 17.1 Å². The molecule has 3 aliphatic rings. The first-order valence-electron chi connectivity index (χ1n) is 19.0. The van der Waals surface area contributed by atoms with Crippen molar-refractivity contribution >= 4 is 22.8 Å². The van der Waals surface area contributed by atoms with E-state index >= 15 is 0 Å². The number of aromatic amines is 1. The molecule has 1 saturated heterocycles. The van der Waals surface area contributed by atoms with Crippen molar-refractivity contribution < 1.29 is 18.4 Å². The van der Waals surface area contributed by atoms with E-state index in [9.17, 15) is 18.8 Å². The third-order valence-electron chi connectivity index (χ3n) is 11.5. The topological polar surface area (TPSA) is 140 Å². The summed E-state index contributed by atoms with van der Waals surface area (Å²) in [5.41, 5.74) is 5.14. The van der Waals surface area contributed by atoms with Crippen LogP contribution in [0.25, 0.3) is 16.6 Å². The van der Waals surface area contributed by atoms with Crippen LogP contribution in [-0.4, -0.2) is 61.4 Å². The number of aromatic nitrogens is 5. The molecule has 0 atom stereocenters. The van der Waals surface area contributed by atoms with Gasteiger partial charge < -0.3 is 19.5 Å². The average Bonchev–Trinajstić information content (AvgIpc) is 3.72. The van der Waals surface area contributed by atoms with E-state index in [1.165, 1.54) is 10.1 Å². The number of hydrogen-bond acceptors (Lipinski definition) is 8. The first kappa shape index (κ1) is 34.9. The number of hydrogen-bond donors (Lipinski definition) is 2. The third-order valence-corrected chi connectivity index (χ3v) is 11.5. The number of halogens is 1. The molecule has 1 saturated carbocycles. The number of benzene rings is 3. The molecule has 282 valence electrons. The van der Waals surface area contributed by atoms with Crippen molar-refractivity contribution in [3.63, 3.8) is 0 Å². The summed E-state index contributed by atoms with van der Waals surface area (Å²) < 4.78 is 28.8. The minimum Gasteiger partial charge on any atom is -0.381 e. The molecule has 2 N–H and O–H groups in total. The first-order chi connectivity index (χ1) is 26.7. The van der Waals surface area contributed by atoms with Crippen LogP contribution in [0.15, 0.2) is 80.8 Å². The first-order valence-corrected chi connectivity index (χ1v) is 19.0. The maximum Gasteiger partial charge on any atom is 0.438 e. The number of rotatable bonds is 9. The van der Waals surface area contributed by atoms with Gasteiger partial charge in [0.15, 0.2) is 5.82 Å². The number of aryl methyl sites for hydroxylation is 2. The molecule has 0 spiro atoms. The quantitative estimate of drug-likeness (QED) is 0.187. The fraction of sp³-hybridized carbons (Fsp3) is 0.357. The van der Waals surface area contributed by atoms with E-state index in [-0.39, 0.29) is 23.8 Å². The van der Waals surface area contributed by atoms with Crippen LogP contribution in [0.3, 0.4) is 0 Å². The molecule has 3 aromatic carbocycles. The molecule has 0 unspecified atom stereocenters. The van der Waals surface area contributed by atoms with Gasteiger partial charge in [0.2, 0.25) is 5.95 Å². The Morgan fingerprint density at radius 2 is 1.78 bits per heavy atom. The summed E-state index contributed by atoms with van der Waals surface area (Å²) >= 11 is 0. The molecule has 0 bridgehead atoms. The minimum absolute atomic E-state index is 0.127. The van der Waals surface area contributed by atoms with Crippen molar-refractivity contribution in [3.8, 4) is 5.69 Å². The number of amides is 1. The van der Waals surface area contributed by atoms with Crippen molar-refractivity contribution in [2.75, 3.05) is 31.6 Å². The van der Waals surface area contributed by atoms with Crippen LogP contribution in [0, 0.1) is 19.7 Å². The lowest BCUT2D eigenvalue weighted by molar-refractivity contribution is 0.0718. The maximum absolute atomic E-state index is 14.8. The summed E-state index contributed by atoms with van der Waals surface area (Å²) in [6.45, 7) is 5.74. The number of H-pyrrole nitrogens is 1. The molecule has 6 aromatic rings. The van der Waals surface area contributed by atoms with Gasteiger partial charge in [0, 0.05) is 42.8 Å². The lowest BCUT2D eigenvalue weighted by atomic mass is 9.91. The Bertz CT molecular complexity index is 2540. The van der Waals surface area contributed by atoms with Crippen LogP contribution in [-0.2, 0) is 29.7 Å². The standard InChI is InChI=1S/C42H42FN7O5/c1-25-20-31(21-26(2)36(25)43)49-37(51)32-11-17-48(24-33(32)45-40(49)44-16-10-27-6-4-3-5-7-27)38(52)35-23-30-22-29(28-12-18-54-19-13-28)8-9-34(30)50(35)42(14-15-42)39-46-41(53)55-47-39/h3-9,20-23,28H,10-19,24H2,1-2H3,(H,44,45)(H,46,47,53). The molecule has 0 radical (unpaired) electrons. The summed E-state index contributed by atoms with van der Waals surface area (Å²) in [7, 11) is 0. The Labute approximate surface area is 315 Å². The molecule has 1 amide bonds. The smallest absolute Gasteiger partial charge is 0.381 e. The highest BCUT2D eigenvalue weighted by Gasteiger charge is 2.52. The zero-order chi connectivity index (χ0) is 37.8. The van der Waals surface area contributed by atoms with Crippen LogP contribution in [0.1, 0.15) is 81.4 Å². The Hall–Kier alpha value is -5.82. The van der Waals surface area contributed by atoms with Crippen LogP contribution >= 0.6 is 0 Å². The molecule has 5 heterocycles. The Morgan fingerprint density at radius 1 is 1.02 bits per heavy atom. The highest BCUT2D eigenvalue weighted by Crippen LogP contribution is 2.51. The van der Waals surface area contributed by atoms with Gasteiger partial charge in [0.05, 0.1) is 17.9 Å². The predicted octanol–water partition coefficient (Wildman–Crippen LogP) is 5.90. The largest absolute Gasteiger partial charge is 0.438 e. The van der Waals surface area contributed by atoms with Crippen molar-refractivity contribution in [3.05, 3.63) is 138 Å². The highest BCUT2D eigenvalue weighted by molar-refractivity contribution is 5.99. The predicted molar refractivity (Wildman–Crippen MR) is 205 cm³/mol. The van der Waals surface area contributed by atoms with Gasteiger partial charge in [0.25, 0.3) is 11.5 Å². The van der Waals surface area contributed by atoms with Gasteiger partial charge in [-0.3, -0.25) is 19.1 Å². The SMILES string of the molecule is Cc1cc(-n2c(NCCc3ccccc3)nc3c(c2=O)CCN(C(=O)c2cc4cc(C5CCOCC5)ccc4n2C2(c4noc(=O)[nH]4)CC2)C3)cc(C)c1F. The summed E-state index contributed by atoms with van der Waals surface area (Å²) in [4.78, 5) is 50.8. The van der Waals surface area contributed by atoms with Crippen molar-refractivity contribution in [2.24, 2.45) is 0 Å². The normalized spacial score (nSPS) is 16.7. The second kappa shape index (κ2) is 13.8. The molecule has 9 rings (SSSR count). The summed E-state index contributed by atoms with van der Waals surface area (Å²) in [5, 5.41) is 8.40. The van der Waals surface area contributed by atoms with E-state index < -0.39 is 11.3 Å². The lowest BCUT2D eigenvalue weighted by Crippen LogP contribution is -2.42. The number of carbonyl (C=O) groups is 1. The van der Waals surface area contributed by atoms with Crippen molar-refractivity contribution in [1.82, 2.24) is 29.2 Å². The van der Waals surface area contributed by atoms with Gasteiger partial charge in [-0.05, 0) is 111 Å². The number of ether oxygens (including phenoxy) is 1. The van der Waals surface area contributed by atoms with E-state index in [0.717, 1.165) is 42.5 Å². The number of anilines is 1. The fourth-order valence-electron chi connectivity index (χ4n) is 8.45. The molecule has 2 fully saturated rings. The molecule has 13 heteroatoms. The highest BCUT2D eigenvalue weighted by atomic mass is 19.1. The summed E-state index contributed by atoms with van der Waals surface area (Å²) in [6.07, 6.45) is 4.21. The number of nitrogens with zero attached hydrogens (tertiary/aromatic N) is 5. The fourth-order valence-corrected chi connectivity index (χ4v) is 8.45. The lowest BCUT2D eigenvalue weighted by Gasteiger charge is -2.30. The van der Waals surface area contributed by atoms with Crippen LogP contribution < -0.4 is 16.6 Å². The van der Waals surface area contributed by atoms with E-state index in [1.807, 2.05) is 41.0 Å². The van der Waals surface area contributed by atoms with Gasteiger partial charge in [-0.15, -0.1) is 0 Å². The zero-order valence-electron chi connectivity index (χ0n) is 30.9. The summed E-state index contributed by atoms with van der Waals surface area (Å²) in [6, 6.07) is 21.7. The zero-order valence-corrected chi connectivity index (χ0v) is 30.9. The molecular formula is C42H42FN7O5. The summed E-state index contributed by atoms with van der Waals surface area (Å²) in [5.74, 6) is -0.0656. The third kappa shape index (κ3) is 6.25. The van der Waals surface area contributed by atoms with Gasteiger partial charge in [-0.2, -0.15) is 0 Å². The van der Waals surface area contributed by atoms with E-state index in [4.69, 9.17) is 14.2 Å². The maximum atomic E-state index is 14.8. The second-order valence-corrected chi connectivity index (χ2v) is 15.1. The number of nitrogens with one attached hydrogen (secondary N) is 2. The van der Waals surface area contributed by atoms with Crippen LogP contribution in [0.5, 0.6) is 0 Å². The van der Waals surface area contributed by atoms with E-state index in [0.29, 0.717) is 90.2 Å². The molecule has 55 heavy (non-hydrogen) atoms. The van der Waals surface area contributed by atoms with Gasteiger partial charge in [-0.25, -0.2) is 18.7 Å². The van der Waals surface area contributed by atoms with Crippen LogP contribution in [0.2, 0.25) is 0 Å². The average molecular weight is 744 g/mol. The molecule has 3 aromatic heterocycles. The monoisotopic (exact) mass is 743 g/mol. The molecule has 12 nitrogen and oxygen atoms in total. The Morgan fingerprint density at radius 3 is 2.49 bits per heavy atom. The van der Waals surface area contributed by atoms with Crippen LogP contribution in [0.4, 0.5) is 10.3 Å². The minimum atomic E-state index is -0.736. The molecule has 2 aliphatic heterocycles. The Kier molecular flexibility index (Phi) is 8.76. The Balaban J connectivity index is 1.09. The molecular weight excluding hydrogens is 702 g/mol. The van der Waals surface area contributed by atoms with Crippen molar-refractivity contribution in [2.45, 2.75) is 70.4 Å². The van der Waals surface area contributed by atoms with E-state index in [2.05, 4.69) is 33.7 Å². The number of carbonyl (C=O) groups excluding carboxylic acids is 1.